The van der Waals surface area contributed by atoms with Gasteiger partial charge in [-0.2, -0.15) is 0 Å². The van der Waals surface area contributed by atoms with Crippen molar-refractivity contribution >= 4 is 32.8 Å². The van der Waals surface area contributed by atoms with E-state index in [4.69, 9.17) is 11.6 Å². The standard InChI is InChI=1S/C21H28ClN2O2S/c1-4-5-14-24(2,3)15-8-13-23-18-9-6-7-10-20(18)27(25,26)21-12-11-17(22)16-19(21)23/h6-7,9-12,16H,4-5,8,13-15H2,1-3H3/q+1. The fraction of sp³-hybridized carbons (Fsp3) is 0.429. The lowest BCUT2D eigenvalue weighted by molar-refractivity contribution is -0.890. The van der Waals surface area contributed by atoms with Crippen LogP contribution in [-0.4, -0.2) is 46.6 Å². The zero-order chi connectivity index (χ0) is 19.7. The Morgan fingerprint density at radius 2 is 1.63 bits per heavy atom. The van der Waals surface area contributed by atoms with Crippen LogP contribution in [-0.2, 0) is 9.84 Å². The molecular formula is C21H28ClN2O2S+. The van der Waals surface area contributed by atoms with Gasteiger partial charge in [-0.3, -0.25) is 0 Å². The summed E-state index contributed by atoms with van der Waals surface area (Å²) in [5.74, 6) is 0. The lowest BCUT2D eigenvalue weighted by Gasteiger charge is -2.35. The third-order valence-electron chi connectivity index (χ3n) is 5.21. The molecule has 0 aromatic heterocycles. The number of nitrogens with zero attached hydrogens (tertiary/aromatic N) is 2. The molecule has 0 unspecified atom stereocenters. The zero-order valence-corrected chi connectivity index (χ0v) is 17.9. The Balaban J connectivity index is 1.91. The molecule has 0 aliphatic carbocycles. The number of hydrogen-bond donors (Lipinski definition) is 0. The molecule has 0 fully saturated rings. The zero-order valence-electron chi connectivity index (χ0n) is 16.3. The van der Waals surface area contributed by atoms with E-state index in [1.807, 2.05) is 12.1 Å². The van der Waals surface area contributed by atoms with Gasteiger partial charge in [0.1, 0.15) is 0 Å². The Morgan fingerprint density at radius 3 is 2.37 bits per heavy atom. The molecule has 1 heterocycles. The molecule has 0 N–H and O–H groups in total. The lowest BCUT2D eigenvalue weighted by atomic mass is 10.2. The van der Waals surface area contributed by atoms with Crippen LogP contribution in [0.15, 0.2) is 52.3 Å². The van der Waals surface area contributed by atoms with Gasteiger partial charge >= 0.3 is 0 Å². The number of hydrogen-bond acceptors (Lipinski definition) is 3. The van der Waals surface area contributed by atoms with Gasteiger partial charge in [-0.15, -0.1) is 0 Å². The Hall–Kier alpha value is -1.56. The first-order chi connectivity index (χ1) is 12.8. The fourth-order valence-electron chi connectivity index (χ4n) is 3.68. The van der Waals surface area contributed by atoms with Crippen molar-refractivity contribution in [1.29, 1.82) is 0 Å². The minimum atomic E-state index is -3.52. The molecule has 27 heavy (non-hydrogen) atoms. The van der Waals surface area contributed by atoms with Crippen molar-refractivity contribution in [2.75, 3.05) is 38.6 Å². The molecular weight excluding hydrogens is 380 g/mol. The average Bonchev–Trinajstić information content (AvgIpc) is 2.63. The maximum absolute atomic E-state index is 13.0. The van der Waals surface area contributed by atoms with Crippen LogP contribution in [0.1, 0.15) is 26.2 Å². The molecule has 1 aliphatic rings. The second-order valence-electron chi connectivity index (χ2n) is 7.82. The van der Waals surface area contributed by atoms with Crippen molar-refractivity contribution in [3.05, 3.63) is 47.5 Å². The van der Waals surface area contributed by atoms with E-state index in [9.17, 15) is 8.42 Å². The second kappa shape index (κ2) is 7.82. The molecule has 0 radical (unpaired) electrons. The van der Waals surface area contributed by atoms with Crippen LogP contribution in [0.2, 0.25) is 5.02 Å². The van der Waals surface area contributed by atoms with Crippen molar-refractivity contribution in [2.45, 2.75) is 36.0 Å². The molecule has 0 bridgehead atoms. The van der Waals surface area contributed by atoms with Gasteiger partial charge in [-0.05, 0) is 36.8 Å². The number of quaternary nitrogens is 1. The molecule has 2 aromatic rings. The van der Waals surface area contributed by atoms with Crippen LogP contribution in [0.4, 0.5) is 11.4 Å². The highest BCUT2D eigenvalue weighted by molar-refractivity contribution is 7.92. The van der Waals surface area contributed by atoms with Crippen LogP contribution in [0.3, 0.4) is 0 Å². The second-order valence-corrected chi connectivity index (χ2v) is 10.1. The summed E-state index contributed by atoms with van der Waals surface area (Å²) >= 11 is 6.20. The van der Waals surface area contributed by atoms with Crippen LogP contribution >= 0.6 is 11.6 Å². The monoisotopic (exact) mass is 407 g/mol. The van der Waals surface area contributed by atoms with Gasteiger partial charge in [0.15, 0.2) is 0 Å². The normalized spacial score (nSPS) is 15.3. The van der Waals surface area contributed by atoms with Crippen molar-refractivity contribution < 1.29 is 12.9 Å². The molecule has 3 rings (SSSR count). The number of para-hydroxylation sites is 1. The maximum Gasteiger partial charge on any atom is 0.210 e. The first kappa shape index (κ1) is 20.2. The highest BCUT2D eigenvalue weighted by Gasteiger charge is 2.34. The molecule has 146 valence electrons. The molecule has 0 amide bonds. The molecule has 2 aromatic carbocycles. The summed E-state index contributed by atoms with van der Waals surface area (Å²) in [6.07, 6.45) is 3.39. The number of fused-ring (bicyclic) bond motifs is 2. The van der Waals surface area contributed by atoms with Crippen LogP contribution in [0.25, 0.3) is 0 Å². The SMILES string of the molecule is CCCC[N+](C)(C)CCCN1c2ccccc2S(=O)(=O)c2ccc(Cl)cc21. The van der Waals surface area contributed by atoms with E-state index >= 15 is 0 Å². The number of rotatable bonds is 7. The van der Waals surface area contributed by atoms with E-state index < -0.39 is 9.84 Å². The number of benzene rings is 2. The summed E-state index contributed by atoms with van der Waals surface area (Å²) in [6, 6.07) is 12.3. The topological polar surface area (TPSA) is 37.4 Å². The predicted octanol–water partition coefficient (Wildman–Crippen LogP) is 4.89. The van der Waals surface area contributed by atoms with Gasteiger partial charge in [-0.1, -0.05) is 37.1 Å². The quantitative estimate of drug-likeness (QED) is 0.613. The largest absolute Gasteiger partial charge is 0.339 e. The van der Waals surface area contributed by atoms with Crippen LogP contribution in [0, 0.1) is 0 Å². The van der Waals surface area contributed by atoms with Gasteiger partial charge in [0, 0.05) is 18.0 Å². The molecule has 4 nitrogen and oxygen atoms in total. The van der Waals surface area contributed by atoms with Gasteiger partial charge in [-0.25, -0.2) is 8.42 Å². The average molecular weight is 408 g/mol. The summed E-state index contributed by atoms with van der Waals surface area (Å²) in [5.41, 5.74) is 1.42. The Bertz CT molecular complexity index is 926. The van der Waals surface area contributed by atoms with Crippen LogP contribution in [0.5, 0.6) is 0 Å². The van der Waals surface area contributed by atoms with Crippen molar-refractivity contribution in [3.63, 3.8) is 0 Å². The van der Waals surface area contributed by atoms with Gasteiger partial charge in [0.2, 0.25) is 9.84 Å². The molecule has 0 saturated carbocycles. The minimum Gasteiger partial charge on any atom is -0.339 e. The first-order valence-electron chi connectivity index (χ1n) is 9.49. The third-order valence-corrected chi connectivity index (χ3v) is 7.29. The van der Waals surface area contributed by atoms with E-state index in [-0.39, 0.29) is 0 Å². The smallest absolute Gasteiger partial charge is 0.210 e. The number of halogens is 1. The highest BCUT2D eigenvalue weighted by Crippen LogP contribution is 2.44. The van der Waals surface area contributed by atoms with Gasteiger partial charge < -0.3 is 9.38 Å². The number of unbranched alkanes of at least 4 members (excludes halogenated alkanes) is 1. The molecule has 0 atom stereocenters. The highest BCUT2D eigenvalue weighted by atomic mass is 35.5. The van der Waals surface area contributed by atoms with Gasteiger partial charge in [0.25, 0.3) is 0 Å². The molecule has 0 spiro atoms. The molecule has 0 saturated heterocycles. The Morgan fingerprint density at radius 1 is 0.963 bits per heavy atom. The first-order valence-corrected chi connectivity index (χ1v) is 11.4. The summed E-state index contributed by atoms with van der Waals surface area (Å²) in [6.45, 7) is 5.17. The number of anilines is 2. The van der Waals surface area contributed by atoms with E-state index in [1.165, 1.54) is 12.8 Å². The summed E-state index contributed by atoms with van der Waals surface area (Å²) in [5, 5.41) is 0.549. The summed E-state index contributed by atoms with van der Waals surface area (Å²) in [4.78, 5) is 2.82. The molecule has 1 aliphatic heterocycles. The number of sulfone groups is 1. The van der Waals surface area contributed by atoms with Crippen LogP contribution < -0.4 is 4.90 Å². The van der Waals surface area contributed by atoms with Crippen molar-refractivity contribution in [3.8, 4) is 0 Å². The molecule has 6 heteroatoms. The lowest BCUT2D eigenvalue weighted by Crippen LogP contribution is -2.42. The van der Waals surface area contributed by atoms with Crippen molar-refractivity contribution in [2.24, 2.45) is 0 Å². The Labute approximate surface area is 167 Å². The fourth-order valence-corrected chi connectivity index (χ4v) is 5.49. The minimum absolute atomic E-state index is 0.338. The summed E-state index contributed by atoms with van der Waals surface area (Å²) in [7, 11) is 0.997. The van der Waals surface area contributed by atoms with Crippen molar-refractivity contribution in [1.82, 2.24) is 0 Å². The van der Waals surface area contributed by atoms with Gasteiger partial charge in [0.05, 0.1) is 48.4 Å². The summed E-state index contributed by atoms with van der Waals surface area (Å²) < 4.78 is 27.0. The van der Waals surface area contributed by atoms with E-state index in [0.717, 1.165) is 36.2 Å². The van der Waals surface area contributed by atoms with E-state index in [2.05, 4.69) is 25.9 Å². The Kier molecular flexibility index (Phi) is 5.84. The van der Waals surface area contributed by atoms with E-state index in [1.54, 1.807) is 30.3 Å². The predicted molar refractivity (Wildman–Crippen MR) is 112 cm³/mol. The maximum atomic E-state index is 13.0. The third kappa shape index (κ3) is 4.15. The van der Waals surface area contributed by atoms with E-state index in [0.29, 0.717) is 20.5 Å².